The van der Waals surface area contributed by atoms with Crippen LogP contribution in [0.5, 0.6) is 0 Å². The summed E-state index contributed by atoms with van der Waals surface area (Å²) in [4.78, 5) is 0. The van der Waals surface area contributed by atoms with Crippen molar-refractivity contribution < 1.29 is 49.5 Å². The zero-order chi connectivity index (χ0) is 17.3. The van der Waals surface area contributed by atoms with Gasteiger partial charge < -0.3 is 24.8 Å². The molecule has 1 atom stereocenters. The number of unbranched alkanes of at least 4 members (excludes halogenated alkanes) is 1. The zero-order valence-corrected chi connectivity index (χ0v) is 19.7. The van der Waals surface area contributed by atoms with Crippen molar-refractivity contribution in [1.29, 1.82) is 0 Å². The molecule has 27 heavy (non-hydrogen) atoms. The molecule has 2 aromatic rings. The summed E-state index contributed by atoms with van der Waals surface area (Å²) in [5.74, 6) is 0.482. The van der Waals surface area contributed by atoms with Crippen molar-refractivity contribution in [3.05, 3.63) is 83.5 Å². The van der Waals surface area contributed by atoms with Crippen LogP contribution in [-0.2, 0) is 24.7 Å². The van der Waals surface area contributed by atoms with E-state index < -0.39 is 0 Å². The van der Waals surface area contributed by atoms with E-state index in [0.29, 0.717) is 5.92 Å². The van der Waals surface area contributed by atoms with Crippen LogP contribution in [-0.4, -0.2) is 0 Å². The molecular weight excluding hydrogens is 450 g/mol. The van der Waals surface area contributed by atoms with Crippen LogP contribution in [0.2, 0.25) is 4.13 Å². The molecule has 2 aromatic carbocycles. The predicted molar refractivity (Wildman–Crippen MR) is 102 cm³/mol. The van der Waals surface area contributed by atoms with E-state index >= 15 is 0 Å². The molecule has 2 aliphatic rings. The Morgan fingerprint density at radius 3 is 2.04 bits per heavy atom. The average molecular weight is 476 g/mol. The number of hydrogen-bond acceptors (Lipinski definition) is 0. The van der Waals surface area contributed by atoms with Crippen LogP contribution < -0.4 is 24.8 Å². The van der Waals surface area contributed by atoms with Crippen molar-refractivity contribution in [2.24, 2.45) is 5.41 Å². The number of hydrogen-bond donors (Lipinski definition) is 0. The summed E-state index contributed by atoms with van der Waals surface area (Å²) in [6.07, 6.45) is 12.1. The third-order valence-electron chi connectivity index (χ3n) is 6.10. The van der Waals surface area contributed by atoms with E-state index in [1.54, 1.807) is 30.3 Å². The molecule has 0 heterocycles. The van der Waals surface area contributed by atoms with Gasteiger partial charge in [-0.2, -0.15) is 0 Å². The van der Waals surface area contributed by atoms with Crippen molar-refractivity contribution in [3.8, 4) is 11.1 Å². The van der Waals surface area contributed by atoms with E-state index in [0.717, 1.165) is 6.42 Å². The Kier molecular flexibility index (Phi) is 8.17. The van der Waals surface area contributed by atoms with Crippen LogP contribution in [0.15, 0.2) is 72.3 Å². The van der Waals surface area contributed by atoms with Crippen LogP contribution in [0.25, 0.3) is 11.1 Å². The van der Waals surface area contributed by atoms with Gasteiger partial charge in [0, 0.05) is 0 Å². The van der Waals surface area contributed by atoms with Gasteiger partial charge in [-0.3, -0.25) is 0 Å². The van der Waals surface area contributed by atoms with Gasteiger partial charge in [-0.1, -0.05) is 0 Å². The molecular formula is C24H25Cl2Zr. The Hall–Kier alpha value is -0.617. The molecule has 0 saturated heterocycles. The second-order valence-corrected chi connectivity index (χ2v) is 8.79. The maximum absolute atomic E-state index is 2.53. The maximum Gasteiger partial charge on any atom is -1.00 e. The van der Waals surface area contributed by atoms with Crippen molar-refractivity contribution in [2.45, 2.75) is 42.7 Å². The largest absolute Gasteiger partial charge is 1.00 e. The van der Waals surface area contributed by atoms with Crippen molar-refractivity contribution in [1.82, 2.24) is 0 Å². The Morgan fingerprint density at radius 2 is 1.52 bits per heavy atom. The van der Waals surface area contributed by atoms with E-state index in [1.165, 1.54) is 45.6 Å². The molecule has 0 amide bonds. The molecule has 4 rings (SSSR count). The number of rotatable bonds is 6. The first-order chi connectivity index (χ1) is 12.3. The van der Waals surface area contributed by atoms with E-state index in [4.69, 9.17) is 0 Å². The molecule has 0 aliphatic heterocycles. The minimum absolute atomic E-state index is 0. The predicted octanol–water partition coefficient (Wildman–Crippen LogP) is 0.835. The topological polar surface area (TPSA) is 0 Å². The molecule has 0 nitrogen and oxygen atoms in total. The summed E-state index contributed by atoms with van der Waals surface area (Å²) in [5.41, 5.74) is 7.77. The van der Waals surface area contributed by atoms with Crippen LogP contribution in [0.4, 0.5) is 0 Å². The van der Waals surface area contributed by atoms with Gasteiger partial charge in [0.1, 0.15) is 0 Å². The first-order valence-corrected chi connectivity index (χ1v) is 11.2. The fraction of sp³-hybridized carbons (Fsp3) is 0.333. The molecule has 3 heteroatoms. The van der Waals surface area contributed by atoms with Crippen molar-refractivity contribution in [2.75, 3.05) is 0 Å². The summed E-state index contributed by atoms with van der Waals surface area (Å²) in [7, 11) is 0. The van der Waals surface area contributed by atoms with Gasteiger partial charge in [0.25, 0.3) is 0 Å². The van der Waals surface area contributed by atoms with Crippen LogP contribution in [0, 0.1) is 5.41 Å². The van der Waals surface area contributed by atoms with Gasteiger partial charge in [0.2, 0.25) is 0 Å². The maximum atomic E-state index is 2.53. The normalized spacial score (nSPS) is 16.6. The van der Waals surface area contributed by atoms with Gasteiger partial charge in [-0.25, -0.2) is 0 Å². The van der Waals surface area contributed by atoms with Crippen LogP contribution >= 0.6 is 0 Å². The molecule has 0 radical (unpaired) electrons. The quantitative estimate of drug-likeness (QED) is 0.544. The molecule has 1 unspecified atom stereocenters. The smallest absolute Gasteiger partial charge is 1.00 e. The minimum atomic E-state index is 0. The van der Waals surface area contributed by atoms with Gasteiger partial charge in [0.15, 0.2) is 0 Å². The summed E-state index contributed by atoms with van der Waals surface area (Å²) in [6.45, 7) is 2.53. The molecule has 0 saturated carbocycles. The van der Waals surface area contributed by atoms with Gasteiger partial charge in [-0.15, -0.1) is 0 Å². The molecule has 0 spiro atoms. The summed E-state index contributed by atoms with van der Waals surface area (Å²) in [6, 6.07) is 18.2. The summed E-state index contributed by atoms with van der Waals surface area (Å²) >= 11 is 1.67. The van der Waals surface area contributed by atoms with E-state index in [-0.39, 0.29) is 30.2 Å². The second-order valence-electron chi connectivity index (χ2n) is 7.56. The Balaban J connectivity index is 0.00000131. The Labute approximate surface area is 191 Å². The average Bonchev–Trinajstić information content (AvgIpc) is 3.29. The SMILES string of the molecule is CC(CCC[CH2][Zr+2])(C1=CC=CC1)C1c2ccccc2-c2ccccc21.[Cl-].[Cl-]. The van der Waals surface area contributed by atoms with Gasteiger partial charge in [-0.05, 0) is 0 Å². The zero-order valence-electron chi connectivity index (χ0n) is 15.7. The second kappa shape index (κ2) is 9.73. The number of allylic oxidation sites excluding steroid dienone is 4. The monoisotopic (exact) mass is 473 g/mol. The Morgan fingerprint density at radius 1 is 0.926 bits per heavy atom. The number of fused-ring (bicyclic) bond motifs is 3. The van der Waals surface area contributed by atoms with Gasteiger partial charge in [0.05, 0.1) is 0 Å². The van der Waals surface area contributed by atoms with E-state index in [9.17, 15) is 0 Å². The molecule has 0 bridgehead atoms. The summed E-state index contributed by atoms with van der Waals surface area (Å²) < 4.78 is 1.37. The van der Waals surface area contributed by atoms with E-state index in [2.05, 4.69) is 73.7 Å². The third kappa shape index (κ3) is 4.07. The molecule has 0 fully saturated rings. The molecule has 0 aromatic heterocycles. The molecule has 0 N–H and O–H groups in total. The first-order valence-electron chi connectivity index (χ1n) is 9.44. The number of halogens is 2. The fourth-order valence-electron chi connectivity index (χ4n) is 4.82. The fourth-order valence-corrected chi connectivity index (χ4v) is 5.43. The summed E-state index contributed by atoms with van der Waals surface area (Å²) in [5, 5.41) is 0. The molecule has 2 aliphatic carbocycles. The Bertz CT molecular complexity index is 794. The van der Waals surface area contributed by atoms with Crippen LogP contribution in [0.3, 0.4) is 0 Å². The van der Waals surface area contributed by atoms with Crippen molar-refractivity contribution in [3.63, 3.8) is 0 Å². The van der Waals surface area contributed by atoms with E-state index in [1.807, 2.05) is 0 Å². The minimum Gasteiger partial charge on any atom is -1.00 e. The standard InChI is InChI=1S/C24H25.2ClH.Zr/c1-3-4-17-24(2,18-11-5-6-12-18)23-21-15-9-7-13-19(21)20-14-8-10-16-22(20)23;;;/h5-11,13-16,23H,1,3-4,12,17H2,2H3;2*1H;/q;;;+2/p-2. The third-order valence-corrected chi connectivity index (χ3v) is 6.97. The van der Waals surface area contributed by atoms with Gasteiger partial charge >= 0.3 is 167 Å². The van der Waals surface area contributed by atoms with Crippen LogP contribution in [0.1, 0.15) is 49.7 Å². The first kappa shape index (κ1) is 22.7. The van der Waals surface area contributed by atoms with Crippen molar-refractivity contribution >= 4 is 0 Å². The molecule has 139 valence electrons. The number of benzene rings is 2.